The van der Waals surface area contributed by atoms with Crippen LogP contribution in [0.4, 0.5) is 5.69 Å². The first-order valence-corrected chi connectivity index (χ1v) is 8.02. The fraction of sp³-hybridized carbons (Fsp3) is 0.529. The Bertz CT molecular complexity index is 519. The second kappa shape index (κ2) is 9.53. The number of aryl methyl sites for hydroxylation is 1. The molecule has 0 aromatic heterocycles. The lowest BCUT2D eigenvalue weighted by molar-refractivity contribution is -0.126. The van der Waals surface area contributed by atoms with Crippen molar-refractivity contribution in [1.82, 2.24) is 5.32 Å². The van der Waals surface area contributed by atoms with Gasteiger partial charge in [-0.3, -0.25) is 9.59 Å². The zero-order valence-corrected chi connectivity index (χ0v) is 14.4. The minimum absolute atomic E-state index is 0. The monoisotopic (exact) mass is 339 g/mol. The number of nitrogens with two attached hydrogens (primary N) is 1. The van der Waals surface area contributed by atoms with Crippen LogP contribution in [0.15, 0.2) is 24.3 Å². The molecule has 128 valence electrons. The van der Waals surface area contributed by atoms with Crippen LogP contribution in [0, 0.1) is 5.92 Å². The summed E-state index contributed by atoms with van der Waals surface area (Å²) in [5.41, 5.74) is 7.54. The Labute approximate surface area is 144 Å². The van der Waals surface area contributed by atoms with Crippen LogP contribution < -0.4 is 16.0 Å². The minimum atomic E-state index is -0.253. The molecule has 0 saturated carbocycles. The van der Waals surface area contributed by atoms with Gasteiger partial charge in [-0.25, -0.2) is 0 Å². The predicted octanol–water partition coefficient (Wildman–Crippen LogP) is 1.88. The molecule has 1 saturated heterocycles. The third-order valence-corrected chi connectivity index (χ3v) is 4.08. The van der Waals surface area contributed by atoms with Gasteiger partial charge in [0.1, 0.15) is 0 Å². The number of unbranched alkanes of at least 4 members (excludes halogenated alkanes) is 1. The molecule has 1 atom stereocenters. The Morgan fingerprint density at radius 3 is 2.61 bits per heavy atom. The molecule has 0 bridgehead atoms. The average molecular weight is 340 g/mol. The van der Waals surface area contributed by atoms with Gasteiger partial charge in [-0.1, -0.05) is 19.1 Å². The molecule has 1 aromatic rings. The smallest absolute Gasteiger partial charge is 0.227 e. The van der Waals surface area contributed by atoms with Crippen LogP contribution in [0.5, 0.6) is 0 Å². The summed E-state index contributed by atoms with van der Waals surface area (Å²) in [6, 6.07) is 7.97. The van der Waals surface area contributed by atoms with Gasteiger partial charge in [-0.2, -0.15) is 0 Å². The van der Waals surface area contributed by atoms with E-state index in [-0.39, 0.29) is 36.6 Å². The van der Waals surface area contributed by atoms with Crippen LogP contribution in [-0.2, 0) is 16.0 Å². The molecule has 3 N–H and O–H groups in total. The van der Waals surface area contributed by atoms with E-state index in [1.54, 1.807) is 4.90 Å². The van der Waals surface area contributed by atoms with Crippen molar-refractivity contribution in [2.45, 2.75) is 32.6 Å². The molecule has 1 heterocycles. The van der Waals surface area contributed by atoms with Crippen LogP contribution in [0.3, 0.4) is 0 Å². The van der Waals surface area contributed by atoms with E-state index in [1.165, 1.54) is 5.56 Å². The average Bonchev–Trinajstić information content (AvgIpc) is 2.93. The first kappa shape index (κ1) is 19.5. The zero-order valence-electron chi connectivity index (χ0n) is 13.6. The maximum Gasteiger partial charge on any atom is 0.227 e. The van der Waals surface area contributed by atoms with Crippen LogP contribution >= 0.6 is 12.4 Å². The van der Waals surface area contributed by atoms with E-state index in [1.807, 2.05) is 24.3 Å². The van der Waals surface area contributed by atoms with Gasteiger partial charge < -0.3 is 16.0 Å². The van der Waals surface area contributed by atoms with E-state index < -0.39 is 0 Å². The largest absolute Gasteiger partial charge is 0.356 e. The molecule has 5 nitrogen and oxygen atoms in total. The highest BCUT2D eigenvalue weighted by Crippen LogP contribution is 2.25. The summed E-state index contributed by atoms with van der Waals surface area (Å²) in [5.74, 6) is -0.263. The fourth-order valence-corrected chi connectivity index (χ4v) is 2.67. The molecule has 23 heavy (non-hydrogen) atoms. The first-order valence-electron chi connectivity index (χ1n) is 8.02. The van der Waals surface area contributed by atoms with Crippen molar-refractivity contribution in [3.8, 4) is 0 Å². The van der Waals surface area contributed by atoms with Gasteiger partial charge in [0.2, 0.25) is 11.8 Å². The third-order valence-electron chi connectivity index (χ3n) is 4.08. The molecule has 1 fully saturated rings. The molecule has 2 amide bonds. The van der Waals surface area contributed by atoms with Gasteiger partial charge in [-0.05, 0) is 43.5 Å². The van der Waals surface area contributed by atoms with Crippen LogP contribution in [0.25, 0.3) is 0 Å². The lowest BCUT2D eigenvalue weighted by Gasteiger charge is -2.17. The van der Waals surface area contributed by atoms with E-state index in [4.69, 9.17) is 5.73 Å². The molecule has 2 rings (SSSR count). The van der Waals surface area contributed by atoms with Crippen LogP contribution in [0.2, 0.25) is 0 Å². The van der Waals surface area contributed by atoms with Crippen molar-refractivity contribution in [1.29, 1.82) is 0 Å². The fourth-order valence-electron chi connectivity index (χ4n) is 2.67. The molecule has 6 heteroatoms. The van der Waals surface area contributed by atoms with Gasteiger partial charge in [0.05, 0.1) is 5.92 Å². The van der Waals surface area contributed by atoms with E-state index in [9.17, 15) is 9.59 Å². The molecule has 1 aliphatic rings. The Hall–Kier alpha value is -1.59. The summed E-state index contributed by atoms with van der Waals surface area (Å²) in [6.07, 6.45) is 3.05. The number of nitrogens with one attached hydrogen (secondary N) is 1. The topological polar surface area (TPSA) is 75.4 Å². The summed E-state index contributed by atoms with van der Waals surface area (Å²) in [6.45, 7) is 3.83. The van der Waals surface area contributed by atoms with Gasteiger partial charge >= 0.3 is 0 Å². The molecule has 0 aliphatic carbocycles. The number of anilines is 1. The van der Waals surface area contributed by atoms with E-state index >= 15 is 0 Å². The van der Waals surface area contributed by atoms with Crippen molar-refractivity contribution in [2.24, 2.45) is 11.7 Å². The Morgan fingerprint density at radius 2 is 2.00 bits per heavy atom. The third kappa shape index (κ3) is 5.22. The highest BCUT2D eigenvalue weighted by atomic mass is 35.5. The molecular formula is C17H26ClN3O2. The Morgan fingerprint density at radius 1 is 1.30 bits per heavy atom. The highest BCUT2D eigenvalue weighted by molar-refractivity contribution is 6.00. The first-order chi connectivity index (χ1) is 10.7. The van der Waals surface area contributed by atoms with Crippen molar-refractivity contribution >= 4 is 29.9 Å². The summed E-state index contributed by atoms with van der Waals surface area (Å²) in [5, 5.41) is 2.90. The second-order valence-electron chi connectivity index (χ2n) is 5.71. The number of hydrogen-bond donors (Lipinski definition) is 2. The highest BCUT2D eigenvalue weighted by Gasteiger charge is 2.34. The van der Waals surface area contributed by atoms with E-state index in [0.29, 0.717) is 19.6 Å². The molecule has 1 aliphatic heterocycles. The quantitative estimate of drug-likeness (QED) is 0.745. The number of benzene rings is 1. The SMILES string of the molecule is CCc1ccc(N2CC(C(=O)NCCCCN)CC2=O)cc1.Cl. The second-order valence-corrected chi connectivity index (χ2v) is 5.71. The summed E-state index contributed by atoms with van der Waals surface area (Å²) in [4.78, 5) is 26.0. The summed E-state index contributed by atoms with van der Waals surface area (Å²) < 4.78 is 0. The summed E-state index contributed by atoms with van der Waals surface area (Å²) >= 11 is 0. The lowest BCUT2D eigenvalue weighted by Crippen LogP contribution is -2.33. The van der Waals surface area contributed by atoms with Gasteiger partial charge in [0, 0.05) is 25.2 Å². The number of rotatable bonds is 7. The molecule has 1 unspecified atom stereocenters. The maximum atomic E-state index is 12.1. The Balaban J connectivity index is 0.00000264. The maximum absolute atomic E-state index is 12.1. The minimum Gasteiger partial charge on any atom is -0.356 e. The van der Waals surface area contributed by atoms with Crippen molar-refractivity contribution < 1.29 is 9.59 Å². The number of hydrogen-bond acceptors (Lipinski definition) is 3. The van der Waals surface area contributed by atoms with E-state index in [0.717, 1.165) is 24.9 Å². The van der Waals surface area contributed by atoms with Gasteiger partial charge in [0.15, 0.2) is 0 Å². The van der Waals surface area contributed by atoms with Gasteiger partial charge in [-0.15, -0.1) is 12.4 Å². The molecule has 0 radical (unpaired) electrons. The number of carbonyl (C=O) groups excluding carboxylic acids is 2. The predicted molar refractivity (Wildman–Crippen MR) is 94.8 cm³/mol. The molecule has 0 spiro atoms. The van der Waals surface area contributed by atoms with Gasteiger partial charge in [0.25, 0.3) is 0 Å². The van der Waals surface area contributed by atoms with Crippen molar-refractivity contribution in [2.75, 3.05) is 24.5 Å². The van der Waals surface area contributed by atoms with E-state index in [2.05, 4.69) is 12.2 Å². The standard InChI is InChI=1S/C17H25N3O2.ClH/c1-2-13-5-7-15(8-6-13)20-12-14(11-16(20)21)17(22)19-10-4-3-9-18;/h5-8,14H,2-4,9-12,18H2,1H3,(H,19,22);1H. The van der Waals surface area contributed by atoms with Crippen molar-refractivity contribution in [3.05, 3.63) is 29.8 Å². The summed E-state index contributed by atoms with van der Waals surface area (Å²) in [7, 11) is 0. The van der Waals surface area contributed by atoms with Crippen LogP contribution in [0.1, 0.15) is 31.7 Å². The lowest BCUT2D eigenvalue weighted by atomic mass is 10.1. The Kier molecular flexibility index (Phi) is 8.06. The molecular weight excluding hydrogens is 314 g/mol. The number of nitrogens with zero attached hydrogens (tertiary/aromatic N) is 1. The number of amides is 2. The normalized spacial score (nSPS) is 17.0. The molecule has 1 aromatic carbocycles. The zero-order chi connectivity index (χ0) is 15.9. The number of halogens is 1. The van der Waals surface area contributed by atoms with Crippen LogP contribution in [-0.4, -0.2) is 31.4 Å². The van der Waals surface area contributed by atoms with Crippen molar-refractivity contribution in [3.63, 3.8) is 0 Å². The number of carbonyl (C=O) groups is 2.